The van der Waals surface area contributed by atoms with Gasteiger partial charge < -0.3 is 14.7 Å². The van der Waals surface area contributed by atoms with Crippen molar-refractivity contribution in [1.82, 2.24) is 14.7 Å². The molecule has 0 bridgehead atoms. The van der Waals surface area contributed by atoms with E-state index in [2.05, 4.69) is 9.80 Å². The topological polar surface area (TPSA) is 26.8 Å². The van der Waals surface area contributed by atoms with E-state index in [1.165, 1.54) is 30.2 Å². The largest absolute Gasteiger partial charge is 0.416 e. The highest BCUT2D eigenvalue weighted by Crippen LogP contribution is 2.40. The van der Waals surface area contributed by atoms with Crippen molar-refractivity contribution < 1.29 is 39.9 Å². The van der Waals surface area contributed by atoms with Crippen molar-refractivity contribution in [1.29, 1.82) is 0 Å². The Morgan fingerprint density at radius 2 is 1.42 bits per heavy atom. The van der Waals surface area contributed by atoms with Gasteiger partial charge in [-0.2, -0.15) is 26.3 Å². The summed E-state index contributed by atoms with van der Waals surface area (Å²) in [4.78, 5) is 19.8. The van der Waals surface area contributed by atoms with Crippen LogP contribution < -0.4 is 0 Å². The molecule has 45 heavy (non-hydrogen) atoms. The maximum absolute atomic E-state index is 14.5. The lowest BCUT2D eigenvalue weighted by Gasteiger charge is -2.45. The minimum absolute atomic E-state index is 0.0400. The van der Waals surface area contributed by atoms with Crippen LogP contribution in [-0.4, -0.2) is 72.5 Å². The van der Waals surface area contributed by atoms with Gasteiger partial charge in [-0.3, -0.25) is 4.79 Å². The van der Waals surface area contributed by atoms with E-state index in [0.717, 1.165) is 51.2 Å². The molecule has 4 nitrogen and oxygen atoms in total. The van der Waals surface area contributed by atoms with Crippen LogP contribution in [0.5, 0.6) is 0 Å². The average molecular weight is 646 g/mol. The lowest BCUT2D eigenvalue weighted by Crippen LogP contribution is -2.51. The fraction of sp³-hybridized carbons (Fsp3) is 0.606. The van der Waals surface area contributed by atoms with E-state index in [-0.39, 0.29) is 24.7 Å². The smallest absolute Gasteiger partial charge is 0.342 e. The van der Waals surface area contributed by atoms with E-state index in [1.807, 2.05) is 0 Å². The fourth-order valence-corrected chi connectivity index (χ4v) is 7.33. The molecule has 0 N–H and O–H groups in total. The van der Waals surface area contributed by atoms with Crippen molar-refractivity contribution in [2.24, 2.45) is 0 Å². The van der Waals surface area contributed by atoms with Crippen molar-refractivity contribution in [3.05, 3.63) is 70.3 Å². The van der Waals surface area contributed by atoms with E-state index in [4.69, 9.17) is 0 Å². The molecule has 248 valence electrons. The molecule has 3 saturated heterocycles. The summed E-state index contributed by atoms with van der Waals surface area (Å²) in [5, 5.41) is 0. The Hall–Kier alpha value is -2.73. The normalized spacial score (nSPS) is 23.0. The molecule has 3 heterocycles. The molecule has 2 aromatic carbocycles. The highest BCUT2D eigenvalue weighted by molar-refractivity contribution is 5.79. The quantitative estimate of drug-likeness (QED) is 0.293. The molecule has 3 aliphatic rings. The standard InChI is InChI=1S/C33H39F8N3O/c34-28-6-5-24(21-29(28)35)31(10-16-42-14-7-27(8-15-42)43-11-2-1-3-12-43)9-4-13-44(22-31)30(45)19-23-17-25(32(36,37)38)20-26(18-23)33(39,40)41/h5-6,17-18,20-21,27H,1-4,7-16,19,22H2/t31-/m1/s1. The number of hydrogen-bond donors (Lipinski definition) is 0. The second-order valence-electron chi connectivity index (χ2n) is 12.8. The fourth-order valence-electron chi connectivity index (χ4n) is 7.33. The van der Waals surface area contributed by atoms with Gasteiger partial charge in [0.2, 0.25) is 5.91 Å². The Bertz CT molecular complexity index is 1300. The molecular weight excluding hydrogens is 606 g/mol. The predicted molar refractivity (Wildman–Crippen MR) is 154 cm³/mol. The van der Waals surface area contributed by atoms with Crippen LogP contribution in [0.3, 0.4) is 0 Å². The first-order valence-corrected chi connectivity index (χ1v) is 15.7. The zero-order chi connectivity index (χ0) is 32.4. The Kier molecular flexibility index (Phi) is 10.1. The number of rotatable bonds is 7. The zero-order valence-corrected chi connectivity index (χ0v) is 25.1. The summed E-state index contributed by atoms with van der Waals surface area (Å²) in [6.07, 6.45) is -3.26. The molecule has 3 fully saturated rings. The molecule has 0 aliphatic carbocycles. The summed E-state index contributed by atoms with van der Waals surface area (Å²) >= 11 is 0. The first-order chi connectivity index (χ1) is 21.2. The lowest BCUT2D eigenvalue weighted by molar-refractivity contribution is -0.143. The molecule has 0 aromatic heterocycles. The maximum atomic E-state index is 14.5. The summed E-state index contributed by atoms with van der Waals surface area (Å²) in [5.74, 6) is -2.62. The third-order valence-corrected chi connectivity index (χ3v) is 9.84. The Morgan fingerprint density at radius 1 is 0.778 bits per heavy atom. The second kappa shape index (κ2) is 13.6. The second-order valence-corrected chi connectivity index (χ2v) is 12.8. The summed E-state index contributed by atoms with van der Waals surface area (Å²) in [6.45, 7) is 5.08. The highest BCUT2D eigenvalue weighted by atomic mass is 19.4. The van der Waals surface area contributed by atoms with Crippen LogP contribution in [0.4, 0.5) is 35.1 Å². The van der Waals surface area contributed by atoms with Gasteiger partial charge in [-0.05, 0) is 119 Å². The van der Waals surface area contributed by atoms with E-state index in [0.29, 0.717) is 49.5 Å². The molecule has 0 spiro atoms. The third-order valence-electron chi connectivity index (χ3n) is 9.84. The Balaban J connectivity index is 1.32. The first kappa shape index (κ1) is 33.6. The van der Waals surface area contributed by atoms with Crippen LogP contribution in [-0.2, 0) is 29.0 Å². The van der Waals surface area contributed by atoms with E-state index in [1.54, 1.807) is 0 Å². The number of hydrogen-bond acceptors (Lipinski definition) is 3. The van der Waals surface area contributed by atoms with Crippen LogP contribution in [0, 0.1) is 11.6 Å². The molecule has 0 unspecified atom stereocenters. The van der Waals surface area contributed by atoms with Gasteiger partial charge >= 0.3 is 12.4 Å². The molecule has 12 heteroatoms. The third kappa shape index (κ3) is 8.17. The van der Waals surface area contributed by atoms with Gasteiger partial charge in [0.25, 0.3) is 0 Å². The molecule has 1 amide bonds. The van der Waals surface area contributed by atoms with Crippen LogP contribution in [0.25, 0.3) is 0 Å². The average Bonchev–Trinajstić information content (AvgIpc) is 3.01. The van der Waals surface area contributed by atoms with Crippen molar-refractivity contribution in [3.8, 4) is 0 Å². The van der Waals surface area contributed by atoms with Crippen LogP contribution in [0.2, 0.25) is 0 Å². The van der Waals surface area contributed by atoms with Gasteiger partial charge in [0.15, 0.2) is 11.6 Å². The minimum Gasteiger partial charge on any atom is -0.342 e. The van der Waals surface area contributed by atoms with Crippen LogP contribution >= 0.6 is 0 Å². The summed E-state index contributed by atoms with van der Waals surface area (Å²) in [5.41, 5.74) is -3.56. The predicted octanol–water partition coefficient (Wildman–Crippen LogP) is 7.45. The molecular formula is C33H39F8N3O. The molecule has 5 rings (SSSR count). The number of benzene rings is 2. The van der Waals surface area contributed by atoms with Crippen molar-refractivity contribution in [2.45, 2.75) is 81.6 Å². The van der Waals surface area contributed by atoms with Gasteiger partial charge in [0.05, 0.1) is 17.5 Å². The van der Waals surface area contributed by atoms with Crippen molar-refractivity contribution in [2.75, 3.05) is 45.8 Å². The van der Waals surface area contributed by atoms with E-state index in [9.17, 15) is 39.9 Å². The zero-order valence-electron chi connectivity index (χ0n) is 25.1. The molecule has 2 aromatic rings. The molecule has 0 radical (unpaired) electrons. The van der Waals surface area contributed by atoms with Crippen molar-refractivity contribution in [3.63, 3.8) is 0 Å². The summed E-state index contributed by atoms with van der Waals surface area (Å²) in [6, 6.07) is 5.46. The first-order valence-electron chi connectivity index (χ1n) is 15.7. The van der Waals surface area contributed by atoms with Gasteiger partial charge in [-0.25, -0.2) is 8.78 Å². The van der Waals surface area contributed by atoms with E-state index >= 15 is 0 Å². The van der Waals surface area contributed by atoms with Crippen LogP contribution in [0.15, 0.2) is 36.4 Å². The number of alkyl halides is 6. The molecule has 0 saturated carbocycles. The number of amides is 1. The van der Waals surface area contributed by atoms with Gasteiger partial charge in [0, 0.05) is 24.5 Å². The summed E-state index contributed by atoms with van der Waals surface area (Å²) < 4.78 is 109. The lowest BCUT2D eigenvalue weighted by atomic mass is 9.71. The van der Waals surface area contributed by atoms with Crippen molar-refractivity contribution >= 4 is 5.91 Å². The molecule has 1 atom stereocenters. The SMILES string of the molecule is O=C(Cc1cc(C(F)(F)F)cc(C(F)(F)F)c1)N1CCC[C@](CCN2CCC(N3CCCCC3)CC2)(c2ccc(F)c(F)c2)C1. The number of likely N-dealkylation sites (tertiary alicyclic amines) is 3. The highest BCUT2D eigenvalue weighted by Gasteiger charge is 2.41. The Labute approximate surface area is 258 Å². The number of carbonyl (C=O) groups excluding carboxylic acids is 1. The number of carbonyl (C=O) groups is 1. The van der Waals surface area contributed by atoms with Gasteiger partial charge in [-0.15, -0.1) is 0 Å². The molecule has 3 aliphatic heterocycles. The number of nitrogens with zero attached hydrogens (tertiary/aromatic N) is 3. The van der Waals surface area contributed by atoms with E-state index < -0.39 is 52.9 Å². The summed E-state index contributed by atoms with van der Waals surface area (Å²) in [7, 11) is 0. The number of halogens is 8. The van der Waals surface area contributed by atoms with Gasteiger partial charge in [0.1, 0.15) is 0 Å². The minimum atomic E-state index is -5.02. The maximum Gasteiger partial charge on any atom is 0.416 e. The number of piperidine rings is 3. The Morgan fingerprint density at radius 3 is 2.02 bits per heavy atom. The van der Waals surface area contributed by atoms with Gasteiger partial charge in [-0.1, -0.05) is 12.5 Å². The van der Waals surface area contributed by atoms with Crippen LogP contribution in [0.1, 0.15) is 73.6 Å². The monoisotopic (exact) mass is 645 g/mol.